The number of nitrogens with one attached hydrogen (secondary N) is 1. The number of carbonyl (C=O) groups excluding carboxylic acids is 1. The van der Waals surface area contributed by atoms with Crippen LogP contribution in [-0.4, -0.2) is 72.1 Å². The molecule has 2 atom stereocenters. The minimum atomic E-state index is -0.934. The molecule has 6 nitrogen and oxygen atoms in total. The van der Waals surface area contributed by atoms with Crippen molar-refractivity contribution in [2.75, 3.05) is 39.8 Å². The summed E-state index contributed by atoms with van der Waals surface area (Å²) in [4.78, 5) is 27.7. The number of carboxylic acid groups (broad SMARTS) is 1. The highest BCUT2D eigenvalue weighted by Crippen LogP contribution is 2.17. The molecule has 0 bridgehead atoms. The Bertz CT molecular complexity index is 376. The Balaban J connectivity index is 2.49. The van der Waals surface area contributed by atoms with E-state index in [9.17, 15) is 9.59 Å². The summed E-state index contributed by atoms with van der Waals surface area (Å²) in [6, 6.07) is 0. The van der Waals surface area contributed by atoms with Crippen LogP contribution in [0.2, 0.25) is 0 Å². The summed E-state index contributed by atoms with van der Waals surface area (Å²) in [5, 5.41) is 11.9. The Kier molecular flexibility index (Phi) is 6.16. The SMILES string of the molecule is CC(C(=O)O)C(C)C(=O)NCC(C)(C)N1CCN(C)CC1. The van der Waals surface area contributed by atoms with Crippen LogP contribution in [0, 0.1) is 11.8 Å². The van der Waals surface area contributed by atoms with Gasteiger partial charge < -0.3 is 15.3 Å². The van der Waals surface area contributed by atoms with Crippen LogP contribution in [0.15, 0.2) is 0 Å². The molecule has 1 fully saturated rings. The maximum absolute atomic E-state index is 12.1. The summed E-state index contributed by atoms with van der Waals surface area (Å²) in [6.07, 6.45) is 0. The second-order valence-electron chi connectivity index (χ2n) is 6.74. The third-order valence-corrected chi connectivity index (χ3v) is 4.61. The molecule has 0 spiro atoms. The smallest absolute Gasteiger partial charge is 0.307 e. The van der Waals surface area contributed by atoms with Gasteiger partial charge in [0.25, 0.3) is 0 Å². The van der Waals surface area contributed by atoms with Crippen molar-refractivity contribution in [1.29, 1.82) is 0 Å². The van der Waals surface area contributed by atoms with Crippen LogP contribution in [0.3, 0.4) is 0 Å². The van der Waals surface area contributed by atoms with Crippen molar-refractivity contribution >= 4 is 11.9 Å². The molecule has 1 rings (SSSR count). The van der Waals surface area contributed by atoms with Crippen LogP contribution < -0.4 is 5.32 Å². The van der Waals surface area contributed by atoms with Gasteiger partial charge in [-0.15, -0.1) is 0 Å². The first kappa shape index (κ1) is 17.9. The van der Waals surface area contributed by atoms with Crippen molar-refractivity contribution in [2.45, 2.75) is 33.2 Å². The number of hydrogen-bond donors (Lipinski definition) is 2. The molecule has 1 saturated heterocycles. The Morgan fingerprint density at radius 2 is 1.67 bits per heavy atom. The van der Waals surface area contributed by atoms with Crippen molar-refractivity contribution in [3.05, 3.63) is 0 Å². The van der Waals surface area contributed by atoms with E-state index < -0.39 is 17.8 Å². The Labute approximate surface area is 127 Å². The number of nitrogens with zero attached hydrogens (tertiary/aromatic N) is 2. The molecule has 0 aromatic carbocycles. The molecule has 0 aromatic rings. The fraction of sp³-hybridized carbons (Fsp3) is 0.867. The predicted molar refractivity (Wildman–Crippen MR) is 82.1 cm³/mol. The number of carboxylic acids is 1. The van der Waals surface area contributed by atoms with Gasteiger partial charge in [0.05, 0.1) is 5.92 Å². The lowest BCUT2D eigenvalue weighted by Crippen LogP contribution is -2.58. The average Bonchev–Trinajstić information content (AvgIpc) is 2.43. The highest BCUT2D eigenvalue weighted by atomic mass is 16.4. The van der Waals surface area contributed by atoms with Gasteiger partial charge >= 0.3 is 5.97 Å². The lowest BCUT2D eigenvalue weighted by atomic mass is 9.94. The zero-order valence-electron chi connectivity index (χ0n) is 13.8. The maximum Gasteiger partial charge on any atom is 0.307 e. The van der Waals surface area contributed by atoms with Gasteiger partial charge in [-0.3, -0.25) is 14.5 Å². The Morgan fingerprint density at radius 3 is 2.14 bits per heavy atom. The first-order valence-electron chi connectivity index (χ1n) is 7.59. The van der Waals surface area contributed by atoms with E-state index in [-0.39, 0.29) is 11.4 Å². The fourth-order valence-corrected chi connectivity index (χ4v) is 2.43. The third kappa shape index (κ3) is 4.97. The molecule has 0 saturated carbocycles. The number of amides is 1. The van der Waals surface area contributed by atoms with Gasteiger partial charge in [0.2, 0.25) is 5.91 Å². The molecule has 6 heteroatoms. The number of aliphatic carboxylic acids is 1. The van der Waals surface area contributed by atoms with Crippen LogP contribution in [0.4, 0.5) is 0 Å². The van der Waals surface area contributed by atoms with Crippen molar-refractivity contribution in [3.63, 3.8) is 0 Å². The van der Waals surface area contributed by atoms with Crippen molar-refractivity contribution in [1.82, 2.24) is 15.1 Å². The molecule has 2 N–H and O–H groups in total. The first-order valence-corrected chi connectivity index (χ1v) is 7.59. The summed E-state index contributed by atoms with van der Waals surface area (Å²) in [5.74, 6) is -2.31. The van der Waals surface area contributed by atoms with Crippen molar-refractivity contribution in [3.8, 4) is 0 Å². The minimum Gasteiger partial charge on any atom is -0.481 e. The standard InChI is InChI=1S/C15H29N3O3/c1-11(12(2)14(20)21)13(19)16-10-15(3,4)18-8-6-17(5)7-9-18/h11-12H,6-10H2,1-5H3,(H,16,19)(H,20,21). The predicted octanol–water partition coefficient (Wildman–Crippen LogP) is 0.485. The van der Waals surface area contributed by atoms with E-state index in [1.165, 1.54) is 0 Å². The molecule has 0 aromatic heterocycles. The normalized spacial score (nSPS) is 20.8. The summed E-state index contributed by atoms with van der Waals surface area (Å²) in [5.41, 5.74) is -0.122. The number of likely N-dealkylation sites (N-methyl/N-ethyl adjacent to an activating group) is 1. The van der Waals surface area contributed by atoms with Crippen LogP contribution in [-0.2, 0) is 9.59 Å². The molecule has 1 heterocycles. The highest BCUT2D eigenvalue weighted by Gasteiger charge is 2.31. The minimum absolute atomic E-state index is 0.122. The van der Waals surface area contributed by atoms with E-state index in [1.807, 2.05) is 0 Å². The van der Waals surface area contributed by atoms with E-state index >= 15 is 0 Å². The highest BCUT2D eigenvalue weighted by molar-refractivity contribution is 5.84. The third-order valence-electron chi connectivity index (χ3n) is 4.61. The van der Waals surface area contributed by atoms with E-state index in [4.69, 9.17) is 5.11 Å². The first-order chi connectivity index (χ1) is 9.65. The van der Waals surface area contributed by atoms with E-state index in [2.05, 4.69) is 36.0 Å². The van der Waals surface area contributed by atoms with Crippen LogP contribution >= 0.6 is 0 Å². The maximum atomic E-state index is 12.1. The second kappa shape index (κ2) is 7.22. The number of piperazine rings is 1. The van der Waals surface area contributed by atoms with E-state index in [0.29, 0.717) is 6.54 Å². The summed E-state index contributed by atoms with van der Waals surface area (Å²) in [6.45, 7) is 12.0. The topological polar surface area (TPSA) is 72.9 Å². The lowest BCUT2D eigenvalue weighted by molar-refractivity contribution is -0.146. The van der Waals surface area contributed by atoms with Gasteiger partial charge in [0, 0.05) is 44.2 Å². The molecular weight excluding hydrogens is 270 g/mol. The molecule has 2 unspecified atom stereocenters. The fourth-order valence-electron chi connectivity index (χ4n) is 2.43. The average molecular weight is 299 g/mol. The number of hydrogen-bond acceptors (Lipinski definition) is 4. The molecule has 0 radical (unpaired) electrons. The molecule has 1 amide bonds. The van der Waals surface area contributed by atoms with Gasteiger partial charge in [-0.25, -0.2) is 0 Å². The number of carbonyl (C=O) groups is 2. The van der Waals surface area contributed by atoms with Gasteiger partial charge in [-0.1, -0.05) is 13.8 Å². The zero-order chi connectivity index (χ0) is 16.2. The van der Waals surface area contributed by atoms with Crippen LogP contribution in [0.5, 0.6) is 0 Å². The van der Waals surface area contributed by atoms with Crippen molar-refractivity contribution < 1.29 is 14.7 Å². The Hall–Kier alpha value is -1.14. The summed E-state index contributed by atoms with van der Waals surface area (Å²) in [7, 11) is 2.11. The molecule has 1 aliphatic heterocycles. The summed E-state index contributed by atoms with van der Waals surface area (Å²) < 4.78 is 0. The van der Waals surface area contributed by atoms with Gasteiger partial charge in [-0.05, 0) is 20.9 Å². The summed E-state index contributed by atoms with van der Waals surface area (Å²) >= 11 is 0. The molecule has 1 aliphatic rings. The molecule has 122 valence electrons. The molecular formula is C15H29N3O3. The van der Waals surface area contributed by atoms with Gasteiger partial charge in [-0.2, -0.15) is 0 Å². The molecule has 0 aliphatic carbocycles. The van der Waals surface area contributed by atoms with E-state index in [1.54, 1.807) is 13.8 Å². The largest absolute Gasteiger partial charge is 0.481 e. The monoisotopic (exact) mass is 299 g/mol. The van der Waals surface area contributed by atoms with Crippen LogP contribution in [0.1, 0.15) is 27.7 Å². The van der Waals surface area contributed by atoms with Gasteiger partial charge in [0.1, 0.15) is 0 Å². The Morgan fingerprint density at radius 1 is 1.14 bits per heavy atom. The van der Waals surface area contributed by atoms with Gasteiger partial charge in [0.15, 0.2) is 0 Å². The zero-order valence-corrected chi connectivity index (χ0v) is 13.8. The van der Waals surface area contributed by atoms with Crippen LogP contribution in [0.25, 0.3) is 0 Å². The lowest BCUT2D eigenvalue weighted by Gasteiger charge is -2.43. The number of rotatable bonds is 6. The quantitative estimate of drug-likeness (QED) is 0.746. The van der Waals surface area contributed by atoms with Crippen molar-refractivity contribution in [2.24, 2.45) is 11.8 Å². The molecule has 21 heavy (non-hydrogen) atoms. The second-order valence-corrected chi connectivity index (χ2v) is 6.74. The van der Waals surface area contributed by atoms with E-state index in [0.717, 1.165) is 26.2 Å².